The van der Waals surface area contributed by atoms with Crippen LogP contribution in [0, 0.1) is 6.92 Å². The maximum Gasteiger partial charge on any atom is 0.240 e. The number of anilines is 1. The third-order valence-electron chi connectivity index (χ3n) is 6.38. The molecule has 0 bridgehead atoms. The van der Waals surface area contributed by atoms with Gasteiger partial charge < -0.3 is 26.6 Å². The van der Waals surface area contributed by atoms with Crippen LogP contribution in [0.25, 0.3) is 5.65 Å². The van der Waals surface area contributed by atoms with Crippen molar-refractivity contribution < 1.29 is 4.79 Å². The van der Waals surface area contributed by atoms with Crippen molar-refractivity contribution in [2.75, 3.05) is 38.1 Å². The normalized spacial score (nSPS) is 23.3. The number of aryl methyl sites for hydroxylation is 1. The highest BCUT2D eigenvalue weighted by atomic mass is 16.2. The molecular formula is C21H34N8O. The van der Waals surface area contributed by atoms with E-state index in [1.807, 2.05) is 28.7 Å². The highest BCUT2D eigenvalue weighted by Gasteiger charge is 2.33. The lowest BCUT2D eigenvalue weighted by Gasteiger charge is -2.37. The van der Waals surface area contributed by atoms with Gasteiger partial charge in [-0.2, -0.15) is 5.10 Å². The molecule has 4 heterocycles. The van der Waals surface area contributed by atoms with Gasteiger partial charge in [0, 0.05) is 43.5 Å². The number of hydrogen-bond donors (Lipinski definition) is 3. The van der Waals surface area contributed by atoms with Crippen LogP contribution in [0.15, 0.2) is 12.3 Å². The van der Waals surface area contributed by atoms with Crippen molar-refractivity contribution in [3.8, 4) is 0 Å². The van der Waals surface area contributed by atoms with Crippen LogP contribution in [0.3, 0.4) is 0 Å². The molecule has 9 nitrogen and oxygen atoms in total. The van der Waals surface area contributed by atoms with Gasteiger partial charge in [-0.1, -0.05) is 0 Å². The summed E-state index contributed by atoms with van der Waals surface area (Å²) in [7, 11) is 1.82. The molecule has 2 aromatic rings. The summed E-state index contributed by atoms with van der Waals surface area (Å²) in [6.45, 7) is 5.07. The predicted octanol–water partition coefficient (Wildman–Crippen LogP) is 0.566. The molecule has 0 spiro atoms. The number of nitrogens with zero attached hydrogens (tertiary/aromatic N) is 5. The molecule has 30 heavy (non-hydrogen) atoms. The molecule has 0 radical (unpaired) electrons. The molecule has 4 rings (SSSR count). The quantitative estimate of drug-likeness (QED) is 0.632. The van der Waals surface area contributed by atoms with Gasteiger partial charge in [0.25, 0.3) is 0 Å². The Hall–Kier alpha value is -2.23. The van der Waals surface area contributed by atoms with E-state index < -0.39 is 0 Å². The van der Waals surface area contributed by atoms with Crippen LogP contribution >= 0.6 is 0 Å². The molecule has 2 fully saturated rings. The molecular weight excluding hydrogens is 380 g/mol. The first kappa shape index (κ1) is 21.0. The number of carbonyl (C=O) groups excluding carboxylic acids is 1. The number of aromatic nitrogens is 3. The van der Waals surface area contributed by atoms with Crippen LogP contribution in [-0.4, -0.2) is 70.7 Å². The van der Waals surface area contributed by atoms with E-state index >= 15 is 0 Å². The van der Waals surface area contributed by atoms with E-state index in [0.29, 0.717) is 13.0 Å². The fourth-order valence-corrected chi connectivity index (χ4v) is 4.74. The van der Waals surface area contributed by atoms with Crippen molar-refractivity contribution in [1.29, 1.82) is 0 Å². The van der Waals surface area contributed by atoms with Gasteiger partial charge in [-0.25, -0.2) is 9.50 Å². The fourth-order valence-electron chi connectivity index (χ4n) is 4.74. The molecule has 9 heteroatoms. The number of amides is 1. The van der Waals surface area contributed by atoms with Gasteiger partial charge >= 0.3 is 0 Å². The van der Waals surface area contributed by atoms with Gasteiger partial charge in [0.1, 0.15) is 5.82 Å². The SMILES string of the molecule is CNC(CCN)C(=O)N1CCCC[C@H]1c1cc2nc(N3CC[C@H](N)C3)c(C)cn2n1. The maximum atomic E-state index is 13.2. The van der Waals surface area contributed by atoms with Crippen molar-refractivity contribution in [3.63, 3.8) is 0 Å². The third-order valence-corrected chi connectivity index (χ3v) is 6.38. The smallest absolute Gasteiger partial charge is 0.240 e. The molecule has 0 aromatic carbocycles. The topological polar surface area (TPSA) is 118 Å². The van der Waals surface area contributed by atoms with Crippen molar-refractivity contribution in [3.05, 3.63) is 23.5 Å². The van der Waals surface area contributed by atoms with E-state index in [1.54, 1.807) is 0 Å². The van der Waals surface area contributed by atoms with E-state index in [2.05, 4.69) is 17.1 Å². The van der Waals surface area contributed by atoms with Crippen LogP contribution in [0.4, 0.5) is 5.82 Å². The number of hydrogen-bond acceptors (Lipinski definition) is 7. The lowest BCUT2D eigenvalue weighted by Crippen LogP contribution is -2.49. The zero-order valence-electron chi connectivity index (χ0n) is 18.0. The summed E-state index contributed by atoms with van der Waals surface area (Å²) in [6.07, 6.45) is 6.68. The van der Waals surface area contributed by atoms with Crippen molar-refractivity contribution >= 4 is 17.4 Å². The summed E-state index contributed by atoms with van der Waals surface area (Å²) >= 11 is 0. The summed E-state index contributed by atoms with van der Waals surface area (Å²) in [6, 6.07) is 1.97. The van der Waals surface area contributed by atoms with Gasteiger partial charge in [0.15, 0.2) is 5.65 Å². The van der Waals surface area contributed by atoms with Gasteiger partial charge in [0.05, 0.1) is 17.8 Å². The first-order valence-electron chi connectivity index (χ1n) is 11.1. The summed E-state index contributed by atoms with van der Waals surface area (Å²) < 4.78 is 1.84. The number of piperidine rings is 1. The van der Waals surface area contributed by atoms with E-state index in [1.165, 1.54) is 0 Å². The average Bonchev–Trinajstić information content (AvgIpc) is 3.36. The number of rotatable bonds is 6. The zero-order valence-corrected chi connectivity index (χ0v) is 18.0. The number of nitrogens with one attached hydrogen (secondary N) is 1. The zero-order chi connectivity index (χ0) is 21.3. The van der Waals surface area contributed by atoms with E-state index in [-0.39, 0.29) is 24.0 Å². The Bertz CT molecular complexity index is 897. The summed E-state index contributed by atoms with van der Waals surface area (Å²) in [4.78, 5) is 22.3. The molecule has 164 valence electrons. The number of nitrogens with two attached hydrogens (primary N) is 2. The fraction of sp³-hybridized carbons (Fsp3) is 0.667. The number of likely N-dealkylation sites (N-methyl/N-ethyl adjacent to an activating group) is 1. The Morgan fingerprint density at radius 1 is 1.33 bits per heavy atom. The molecule has 0 aliphatic carbocycles. The predicted molar refractivity (Wildman–Crippen MR) is 117 cm³/mol. The minimum Gasteiger partial charge on any atom is -0.355 e. The third kappa shape index (κ3) is 4.01. The van der Waals surface area contributed by atoms with E-state index in [0.717, 1.165) is 68.0 Å². The second-order valence-corrected chi connectivity index (χ2v) is 8.58. The number of fused-ring (bicyclic) bond motifs is 1. The summed E-state index contributed by atoms with van der Waals surface area (Å²) in [5.74, 6) is 1.09. The summed E-state index contributed by atoms with van der Waals surface area (Å²) in [5.41, 5.74) is 14.6. The van der Waals surface area contributed by atoms with Crippen LogP contribution in [-0.2, 0) is 4.79 Å². The van der Waals surface area contributed by atoms with Gasteiger partial charge in [-0.15, -0.1) is 0 Å². The molecule has 5 N–H and O–H groups in total. The van der Waals surface area contributed by atoms with Crippen LogP contribution in [0.1, 0.15) is 49.4 Å². The number of carbonyl (C=O) groups is 1. The molecule has 2 aromatic heterocycles. The lowest BCUT2D eigenvalue weighted by molar-refractivity contribution is -0.137. The first-order chi connectivity index (χ1) is 14.5. The van der Waals surface area contributed by atoms with Crippen molar-refractivity contribution in [2.24, 2.45) is 11.5 Å². The molecule has 2 saturated heterocycles. The van der Waals surface area contributed by atoms with E-state index in [4.69, 9.17) is 21.5 Å². The second kappa shape index (κ2) is 8.87. The summed E-state index contributed by atoms with van der Waals surface area (Å²) in [5, 5.41) is 7.94. The Balaban J connectivity index is 1.63. The van der Waals surface area contributed by atoms with Crippen LogP contribution in [0.2, 0.25) is 0 Å². The van der Waals surface area contributed by atoms with Crippen molar-refractivity contribution in [2.45, 2.75) is 57.2 Å². The Morgan fingerprint density at radius 2 is 2.17 bits per heavy atom. The average molecular weight is 415 g/mol. The van der Waals surface area contributed by atoms with Gasteiger partial charge in [-0.3, -0.25) is 4.79 Å². The minimum atomic E-state index is -0.251. The highest BCUT2D eigenvalue weighted by Crippen LogP contribution is 2.32. The second-order valence-electron chi connectivity index (χ2n) is 8.58. The van der Waals surface area contributed by atoms with Gasteiger partial charge in [-0.05, 0) is 52.6 Å². The van der Waals surface area contributed by atoms with Gasteiger partial charge in [0.2, 0.25) is 5.91 Å². The monoisotopic (exact) mass is 414 g/mol. The molecule has 3 atom stereocenters. The van der Waals surface area contributed by atoms with Crippen LogP contribution < -0.4 is 21.7 Å². The molecule has 0 saturated carbocycles. The molecule has 2 aliphatic heterocycles. The van der Waals surface area contributed by atoms with Crippen molar-refractivity contribution in [1.82, 2.24) is 24.8 Å². The minimum absolute atomic E-state index is 0.0226. The maximum absolute atomic E-state index is 13.2. The number of likely N-dealkylation sites (tertiary alicyclic amines) is 1. The van der Waals surface area contributed by atoms with Crippen LogP contribution in [0.5, 0.6) is 0 Å². The largest absolute Gasteiger partial charge is 0.355 e. The highest BCUT2D eigenvalue weighted by molar-refractivity contribution is 5.82. The first-order valence-corrected chi connectivity index (χ1v) is 11.1. The molecule has 1 amide bonds. The Kier molecular flexibility index (Phi) is 6.21. The Labute approximate surface area is 177 Å². The Morgan fingerprint density at radius 3 is 2.87 bits per heavy atom. The molecule has 2 aliphatic rings. The lowest BCUT2D eigenvalue weighted by atomic mass is 9.98. The van der Waals surface area contributed by atoms with E-state index in [9.17, 15) is 4.79 Å². The standard InChI is InChI=1S/C21H34N8O/c1-14-12-29-19(25-20(14)27-10-7-15(23)13-27)11-17(26-29)18-5-3-4-9-28(18)21(30)16(24-2)6-8-22/h11-12,15-16,18,24H,3-10,13,22-23H2,1-2H3/t15-,16?,18-/m0/s1. The molecule has 1 unspecified atom stereocenters.